The Morgan fingerprint density at radius 3 is 2.12 bits per heavy atom. The first kappa shape index (κ1) is 13.5. The van der Waals surface area contributed by atoms with Crippen LogP contribution in [0, 0.1) is 0 Å². The molecule has 90 valence electrons. The van der Waals surface area contributed by atoms with Crippen molar-refractivity contribution in [3.63, 3.8) is 0 Å². The molecule has 0 atom stereocenters. The van der Waals surface area contributed by atoms with Gasteiger partial charge in [-0.3, -0.25) is 0 Å². The highest BCUT2D eigenvalue weighted by Crippen LogP contribution is 2.10. The molecular formula is C15H26Si. The average Bonchev–Trinajstić information content (AvgIpc) is 2.29. The predicted molar refractivity (Wildman–Crippen MR) is 76.9 cm³/mol. The minimum atomic E-state index is -0.278. The Kier molecular flexibility index (Phi) is 7.23. The van der Waals surface area contributed by atoms with Crippen LogP contribution in [-0.4, -0.2) is 8.80 Å². The van der Waals surface area contributed by atoms with Crippen molar-refractivity contribution < 1.29 is 0 Å². The Bertz CT molecular complexity index is 253. The van der Waals surface area contributed by atoms with Crippen molar-refractivity contribution in [3.05, 3.63) is 35.9 Å². The summed E-state index contributed by atoms with van der Waals surface area (Å²) < 4.78 is 0. The Balaban J connectivity index is 1.93. The van der Waals surface area contributed by atoms with Gasteiger partial charge in [0.25, 0.3) is 0 Å². The zero-order valence-electron chi connectivity index (χ0n) is 10.9. The first-order chi connectivity index (χ1) is 7.79. The lowest BCUT2D eigenvalue weighted by Crippen LogP contribution is -1.97. The van der Waals surface area contributed by atoms with Gasteiger partial charge in [-0.2, -0.15) is 0 Å². The first-order valence-corrected chi connectivity index (χ1v) is 9.95. The van der Waals surface area contributed by atoms with Crippen LogP contribution in [-0.2, 0) is 6.42 Å². The Hall–Kier alpha value is -0.563. The second-order valence-corrected chi connectivity index (χ2v) is 8.55. The van der Waals surface area contributed by atoms with Crippen LogP contribution in [0.5, 0.6) is 0 Å². The van der Waals surface area contributed by atoms with Crippen molar-refractivity contribution in [1.29, 1.82) is 0 Å². The highest BCUT2D eigenvalue weighted by Gasteiger charge is 1.96. The van der Waals surface area contributed by atoms with Crippen molar-refractivity contribution in [2.75, 3.05) is 0 Å². The van der Waals surface area contributed by atoms with Gasteiger partial charge in [-0.15, -0.1) is 0 Å². The molecule has 0 N–H and O–H groups in total. The predicted octanol–water partition coefficient (Wildman–Crippen LogP) is 4.67. The summed E-state index contributed by atoms with van der Waals surface area (Å²) in [6.07, 6.45) is 8.42. The van der Waals surface area contributed by atoms with Crippen LogP contribution in [0.4, 0.5) is 0 Å². The molecule has 1 aromatic carbocycles. The first-order valence-electron chi connectivity index (χ1n) is 6.83. The molecule has 0 radical (unpaired) electrons. The van der Waals surface area contributed by atoms with Gasteiger partial charge >= 0.3 is 0 Å². The SMILES string of the molecule is C[SiH](C)CCCCCCCc1ccccc1. The van der Waals surface area contributed by atoms with Crippen molar-refractivity contribution in [2.24, 2.45) is 0 Å². The third-order valence-electron chi connectivity index (χ3n) is 3.09. The summed E-state index contributed by atoms with van der Waals surface area (Å²) in [4.78, 5) is 0. The van der Waals surface area contributed by atoms with Gasteiger partial charge in [0.05, 0.1) is 0 Å². The van der Waals surface area contributed by atoms with Crippen LogP contribution < -0.4 is 0 Å². The van der Waals surface area contributed by atoms with Crippen LogP contribution in [0.25, 0.3) is 0 Å². The topological polar surface area (TPSA) is 0 Å². The van der Waals surface area contributed by atoms with E-state index in [0.29, 0.717) is 0 Å². The number of benzene rings is 1. The van der Waals surface area contributed by atoms with Crippen molar-refractivity contribution in [3.8, 4) is 0 Å². The molecule has 0 aliphatic carbocycles. The molecule has 0 amide bonds. The van der Waals surface area contributed by atoms with E-state index in [0.717, 1.165) is 0 Å². The molecule has 0 fully saturated rings. The van der Waals surface area contributed by atoms with E-state index >= 15 is 0 Å². The van der Waals surface area contributed by atoms with Crippen LogP contribution in [0.3, 0.4) is 0 Å². The molecule has 0 unspecified atom stereocenters. The fourth-order valence-corrected chi connectivity index (χ4v) is 3.16. The number of rotatable bonds is 8. The average molecular weight is 234 g/mol. The van der Waals surface area contributed by atoms with Crippen LogP contribution in [0.2, 0.25) is 19.1 Å². The van der Waals surface area contributed by atoms with Gasteiger partial charge in [0.2, 0.25) is 0 Å². The third-order valence-corrected chi connectivity index (χ3v) is 4.65. The zero-order valence-corrected chi connectivity index (χ0v) is 12.1. The molecule has 0 aromatic heterocycles. The summed E-state index contributed by atoms with van der Waals surface area (Å²) >= 11 is 0. The quantitative estimate of drug-likeness (QED) is 0.453. The minimum absolute atomic E-state index is 0.278. The minimum Gasteiger partial charge on any atom is -0.0722 e. The van der Waals surface area contributed by atoms with E-state index in [1.54, 1.807) is 6.04 Å². The maximum absolute atomic E-state index is 2.45. The smallest absolute Gasteiger partial charge is 0.0305 e. The molecule has 0 saturated carbocycles. The Morgan fingerprint density at radius 1 is 0.812 bits per heavy atom. The van der Waals surface area contributed by atoms with E-state index in [1.165, 1.54) is 44.1 Å². The van der Waals surface area contributed by atoms with E-state index in [9.17, 15) is 0 Å². The van der Waals surface area contributed by atoms with Gasteiger partial charge in [0, 0.05) is 8.80 Å². The van der Waals surface area contributed by atoms with E-state index in [4.69, 9.17) is 0 Å². The number of hydrogen-bond acceptors (Lipinski definition) is 0. The monoisotopic (exact) mass is 234 g/mol. The van der Waals surface area contributed by atoms with Gasteiger partial charge in [0.1, 0.15) is 0 Å². The van der Waals surface area contributed by atoms with Crippen LogP contribution in [0.1, 0.15) is 37.7 Å². The molecule has 1 heteroatoms. The van der Waals surface area contributed by atoms with Gasteiger partial charge in [0.15, 0.2) is 0 Å². The lowest BCUT2D eigenvalue weighted by atomic mass is 10.1. The molecule has 0 bridgehead atoms. The summed E-state index contributed by atoms with van der Waals surface area (Å²) in [5, 5.41) is 0. The maximum atomic E-state index is 2.45. The summed E-state index contributed by atoms with van der Waals surface area (Å²) in [5.74, 6) is 0. The highest BCUT2D eigenvalue weighted by atomic mass is 28.3. The Morgan fingerprint density at radius 2 is 1.44 bits per heavy atom. The lowest BCUT2D eigenvalue weighted by molar-refractivity contribution is 0.631. The van der Waals surface area contributed by atoms with E-state index in [2.05, 4.69) is 43.4 Å². The lowest BCUT2D eigenvalue weighted by Gasteiger charge is -2.03. The molecule has 0 heterocycles. The molecule has 16 heavy (non-hydrogen) atoms. The summed E-state index contributed by atoms with van der Waals surface area (Å²) in [5.41, 5.74) is 1.50. The second-order valence-electron chi connectivity index (χ2n) is 5.19. The van der Waals surface area contributed by atoms with Gasteiger partial charge in [-0.05, 0) is 18.4 Å². The third kappa shape index (κ3) is 6.84. The molecule has 1 rings (SSSR count). The molecular weight excluding hydrogens is 208 g/mol. The largest absolute Gasteiger partial charge is 0.0722 e. The van der Waals surface area contributed by atoms with Crippen molar-refractivity contribution in [2.45, 2.75) is 57.7 Å². The van der Waals surface area contributed by atoms with Gasteiger partial charge < -0.3 is 0 Å². The van der Waals surface area contributed by atoms with Crippen molar-refractivity contribution >= 4 is 8.80 Å². The molecule has 0 spiro atoms. The van der Waals surface area contributed by atoms with E-state index < -0.39 is 0 Å². The summed E-state index contributed by atoms with van der Waals surface area (Å²) in [6, 6.07) is 12.4. The number of aryl methyl sites for hydroxylation is 1. The summed E-state index contributed by atoms with van der Waals surface area (Å²) in [6.45, 7) is 4.91. The fourth-order valence-electron chi connectivity index (χ4n) is 2.06. The Labute approximate surface area is 103 Å². The van der Waals surface area contributed by atoms with Crippen molar-refractivity contribution in [1.82, 2.24) is 0 Å². The molecule has 0 aliphatic heterocycles. The van der Waals surface area contributed by atoms with Gasteiger partial charge in [-0.25, -0.2) is 0 Å². The van der Waals surface area contributed by atoms with E-state index in [1.807, 2.05) is 0 Å². The number of unbranched alkanes of at least 4 members (excludes halogenated alkanes) is 4. The number of hydrogen-bond donors (Lipinski definition) is 0. The summed E-state index contributed by atoms with van der Waals surface area (Å²) in [7, 11) is -0.278. The van der Waals surface area contributed by atoms with Crippen LogP contribution in [0.15, 0.2) is 30.3 Å². The molecule has 0 aliphatic rings. The fraction of sp³-hybridized carbons (Fsp3) is 0.600. The maximum Gasteiger partial charge on any atom is 0.0305 e. The standard InChI is InChI=1S/C15H26Si/c1-16(2)14-10-5-3-4-7-11-15-12-8-6-9-13-15/h6,8-9,12-13,16H,3-5,7,10-11,14H2,1-2H3. The highest BCUT2D eigenvalue weighted by molar-refractivity contribution is 6.55. The molecule has 1 aromatic rings. The molecule has 0 nitrogen and oxygen atoms in total. The van der Waals surface area contributed by atoms with Gasteiger partial charge in [-0.1, -0.05) is 75.2 Å². The molecule has 0 saturated heterocycles. The normalized spacial score (nSPS) is 10.9. The zero-order chi connectivity index (χ0) is 11.6. The van der Waals surface area contributed by atoms with Crippen LogP contribution >= 0.6 is 0 Å². The second kappa shape index (κ2) is 8.57. The van der Waals surface area contributed by atoms with E-state index in [-0.39, 0.29) is 8.80 Å².